The molecule has 0 spiro atoms. The largest absolute Gasteiger partial charge is 0.392 e. The maximum Gasteiger partial charge on any atom is 0.0670 e. The molecule has 0 aromatic heterocycles. The number of β-amino-alcohol motifs (C(OH)–C–C–N with tert-alkyl or cyclic N) is 1. The number of likely N-dealkylation sites (tertiary alicyclic amines) is 1. The summed E-state index contributed by atoms with van der Waals surface area (Å²) in [4.78, 5) is 2.43. The molecule has 2 heteroatoms. The van der Waals surface area contributed by atoms with Crippen molar-refractivity contribution >= 4 is 0 Å². The van der Waals surface area contributed by atoms with Crippen molar-refractivity contribution < 1.29 is 5.11 Å². The van der Waals surface area contributed by atoms with Gasteiger partial charge in [-0.05, 0) is 44.9 Å². The molecule has 2 atom stereocenters. The number of aliphatic hydroxyl groups excluding tert-OH is 1. The number of aliphatic hydroxyl groups is 1. The molecule has 16 heavy (non-hydrogen) atoms. The molecule has 1 aliphatic rings. The number of piperidine rings is 1. The van der Waals surface area contributed by atoms with Crippen molar-refractivity contribution in [1.29, 1.82) is 0 Å². The third-order valence-electron chi connectivity index (χ3n) is 3.36. The minimum atomic E-state index is -0.139. The van der Waals surface area contributed by atoms with Crippen molar-refractivity contribution in [3.05, 3.63) is 0 Å². The Hall–Kier alpha value is -0.0800. The lowest BCUT2D eigenvalue weighted by Gasteiger charge is -2.44. The summed E-state index contributed by atoms with van der Waals surface area (Å²) in [6.45, 7) is 15.5. The Labute approximate surface area is 101 Å². The molecule has 1 aliphatic heterocycles. The van der Waals surface area contributed by atoms with Gasteiger partial charge in [0.1, 0.15) is 0 Å². The molecule has 1 saturated heterocycles. The molecule has 0 radical (unpaired) electrons. The van der Waals surface area contributed by atoms with Gasteiger partial charge in [0, 0.05) is 18.6 Å². The summed E-state index contributed by atoms with van der Waals surface area (Å²) in [6, 6.07) is 0. The summed E-state index contributed by atoms with van der Waals surface area (Å²) in [5, 5.41) is 9.97. The van der Waals surface area contributed by atoms with E-state index in [1.807, 2.05) is 0 Å². The van der Waals surface area contributed by atoms with Gasteiger partial charge in [0.2, 0.25) is 0 Å². The zero-order valence-electron chi connectivity index (χ0n) is 11.9. The van der Waals surface area contributed by atoms with E-state index < -0.39 is 0 Å². The maximum atomic E-state index is 9.97. The lowest BCUT2D eigenvalue weighted by Crippen LogP contribution is -2.52. The summed E-state index contributed by atoms with van der Waals surface area (Å²) in [5.74, 6) is 0.642. The monoisotopic (exact) mass is 227 g/mol. The molecular formula is C14H29NO. The SMILES string of the molecule is CC(C)(C)CC1CC(O)CN(C(C)(C)C)C1. The van der Waals surface area contributed by atoms with Crippen LogP contribution in [0.25, 0.3) is 0 Å². The molecule has 2 unspecified atom stereocenters. The summed E-state index contributed by atoms with van der Waals surface area (Å²) in [7, 11) is 0. The standard InChI is InChI=1S/C14H29NO/c1-13(2,3)8-11-7-12(16)10-15(9-11)14(4,5)6/h11-12,16H,7-10H2,1-6H3. The van der Waals surface area contributed by atoms with Crippen LogP contribution in [0.1, 0.15) is 54.4 Å². The van der Waals surface area contributed by atoms with E-state index >= 15 is 0 Å². The van der Waals surface area contributed by atoms with Gasteiger partial charge in [-0.3, -0.25) is 4.90 Å². The normalized spacial score (nSPS) is 29.4. The van der Waals surface area contributed by atoms with Gasteiger partial charge < -0.3 is 5.11 Å². The maximum absolute atomic E-state index is 9.97. The van der Waals surface area contributed by atoms with Gasteiger partial charge in [-0.25, -0.2) is 0 Å². The van der Waals surface area contributed by atoms with E-state index in [0.29, 0.717) is 11.3 Å². The molecule has 96 valence electrons. The Morgan fingerprint density at radius 1 is 1.06 bits per heavy atom. The molecule has 1 N–H and O–H groups in total. The van der Waals surface area contributed by atoms with Gasteiger partial charge in [-0.15, -0.1) is 0 Å². The zero-order valence-corrected chi connectivity index (χ0v) is 11.9. The van der Waals surface area contributed by atoms with Gasteiger partial charge in [-0.1, -0.05) is 20.8 Å². The Morgan fingerprint density at radius 3 is 2.06 bits per heavy atom. The first-order chi connectivity index (χ1) is 7.08. The number of nitrogens with zero attached hydrogens (tertiary/aromatic N) is 1. The summed E-state index contributed by atoms with van der Waals surface area (Å²) < 4.78 is 0. The molecule has 1 fully saturated rings. The van der Waals surface area contributed by atoms with Crippen LogP contribution in [0.2, 0.25) is 0 Å². The quantitative estimate of drug-likeness (QED) is 0.744. The van der Waals surface area contributed by atoms with E-state index in [1.165, 1.54) is 6.42 Å². The molecule has 2 nitrogen and oxygen atoms in total. The average molecular weight is 227 g/mol. The third kappa shape index (κ3) is 4.42. The first-order valence-corrected chi connectivity index (χ1v) is 6.51. The Kier molecular flexibility index (Phi) is 4.07. The third-order valence-corrected chi connectivity index (χ3v) is 3.36. The highest BCUT2D eigenvalue weighted by Gasteiger charge is 2.33. The second kappa shape index (κ2) is 4.66. The summed E-state index contributed by atoms with van der Waals surface area (Å²) in [5.41, 5.74) is 0.544. The Balaban J connectivity index is 2.61. The number of rotatable bonds is 1. The minimum Gasteiger partial charge on any atom is -0.392 e. The highest BCUT2D eigenvalue weighted by molar-refractivity contribution is 4.87. The predicted octanol–water partition coefficient (Wildman–Crippen LogP) is 2.90. The molecule has 0 aliphatic carbocycles. The first-order valence-electron chi connectivity index (χ1n) is 6.51. The fourth-order valence-electron chi connectivity index (χ4n) is 2.74. The second-order valence-corrected chi connectivity index (χ2v) is 7.60. The van der Waals surface area contributed by atoms with Crippen LogP contribution in [0.4, 0.5) is 0 Å². The van der Waals surface area contributed by atoms with Crippen molar-refractivity contribution in [3.8, 4) is 0 Å². The van der Waals surface area contributed by atoms with E-state index in [1.54, 1.807) is 0 Å². The van der Waals surface area contributed by atoms with Crippen LogP contribution in [-0.2, 0) is 0 Å². The average Bonchev–Trinajstić information content (AvgIpc) is 1.97. The van der Waals surface area contributed by atoms with Crippen molar-refractivity contribution in [1.82, 2.24) is 4.90 Å². The van der Waals surface area contributed by atoms with Crippen LogP contribution >= 0.6 is 0 Å². The van der Waals surface area contributed by atoms with Crippen molar-refractivity contribution in [2.45, 2.75) is 66.0 Å². The number of hydrogen-bond donors (Lipinski definition) is 1. The lowest BCUT2D eigenvalue weighted by atomic mass is 9.79. The van der Waals surface area contributed by atoms with Gasteiger partial charge in [0.15, 0.2) is 0 Å². The summed E-state index contributed by atoms with van der Waals surface area (Å²) >= 11 is 0. The second-order valence-electron chi connectivity index (χ2n) is 7.60. The topological polar surface area (TPSA) is 23.5 Å². The Bertz CT molecular complexity index is 224. The molecule has 1 heterocycles. The molecule has 0 aromatic rings. The minimum absolute atomic E-state index is 0.139. The lowest BCUT2D eigenvalue weighted by molar-refractivity contribution is -0.0133. The molecule has 1 rings (SSSR count). The van der Waals surface area contributed by atoms with Gasteiger partial charge in [-0.2, -0.15) is 0 Å². The predicted molar refractivity (Wildman–Crippen MR) is 69.5 cm³/mol. The highest BCUT2D eigenvalue weighted by atomic mass is 16.3. The van der Waals surface area contributed by atoms with Crippen LogP contribution in [0.15, 0.2) is 0 Å². The van der Waals surface area contributed by atoms with E-state index in [2.05, 4.69) is 46.4 Å². The van der Waals surface area contributed by atoms with Gasteiger partial charge >= 0.3 is 0 Å². The van der Waals surface area contributed by atoms with Crippen molar-refractivity contribution in [2.75, 3.05) is 13.1 Å². The van der Waals surface area contributed by atoms with E-state index in [-0.39, 0.29) is 11.6 Å². The van der Waals surface area contributed by atoms with Crippen molar-refractivity contribution in [2.24, 2.45) is 11.3 Å². The van der Waals surface area contributed by atoms with Gasteiger partial charge in [0.05, 0.1) is 6.10 Å². The van der Waals surface area contributed by atoms with E-state index in [0.717, 1.165) is 19.5 Å². The molecule has 0 saturated carbocycles. The van der Waals surface area contributed by atoms with E-state index in [9.17, 15) is 5.11 Å². The Morgan fingerprint density at radius 2 is 1.62 bits per heavy atom. The summed E-state index contributed by atoms with van der Waals surface area (Å²) in [6.07, 6.45) is 2.04. The van der Waals surface area contributed by atoms with Crippen molar-refractivity contribution in [3.63, 3.8) is 0 Å². The number of hydrogen-bond acceptors (Lipinski definition) is 2. The van der Waals surface area contributed by atoms with Crippen LogP contribution in [0, 0.1) is 11.3 Å². The van der Waals surface area contributed by atoms with Crippen LogP contribution in [0.5, 0.6) is 0 Å². The molecule has 0 bridgehead atoms. The highest BCUT2D eigenvalue weighted by Crippen LogP contribution is 2.32. The fraction of sp³-hybridized carbons (Fsp3) is 1.00. The van der Waals surface area contributed by atoms with Crippen LogP contribution in [-0.4, -0.2) is 34.7 Å². The van der Waals surface area contributed by atoms with Crippen LogP contribution in [0.3, 0.4) is 0 Å². The molecule has 0 aromatic carbocycles. The molecule has 0 amide bonds. The molecular weight excluding hydrogens is 198 g/mol. The smallest absolute Gasteiger partial charge is 0.0670 e. The van der Waals surface area contributed by atoms with E-state index in [4.69, 9.17) is 0 Å². The fourth-order valence-corrected chi connectivity index (χ4v) is 2.74. The van der Waals surface area contributed by atoms with Crippen LogP contribution < -0.4 is 0 Å². The van der Waals surface area contributed by atoms with Gasteiger partial charge in [0.25, 0.3) is 0 Å². The first kappa shape index (κ1) is 14.0. The zero-order chi connectivity index (χ0) is 12.6.